The minimum atomic E-state index is -0.283. The van der Waals surface area contributed by atoms with Crippen molar-refractivity contribution in [2.24, 2.45) is 0 Å². The molecule has 2 rings (SSSR count). The van der Waals surface area contributed by atoms with E-state index in [1.807, 2.05) is 6.92 Å². The normalized spacial score (nSPS) is 15.2. The van der Waals surface area contributed by atoms with E-state index in [0.29, 0.717) is 10.7 Å². The van der Waals surface area contributed by atoms with Gasteiger partial charge in [-0.3, -0.25) is 4.79 Å². The molecule has 3 amide bonds. The number of nitrogens with one attached hydrogen (secondary N) is 3. The van der Waals surface area contributed by atoms with Crippen LogP contribution in [0.5, 0.6) is 0 Å². The van der Waals surface area contributed by atoms with Gasteiger partial charge < -0.3 is 16.0 Å². The van der Waals surface area contributed by atoms with Crippen molar-refractivity contribution in [3.05, 3.63) is 28.8 Å². The molecule has 0 spiro atoms. The molecule has 0 saturated heterocycles. The van der Waals surface area contributed by atoms with Crippen LogP contribution in [0.4, 0.5) is 10.5 Å². The number of urea groups is 1. The van der Waals surface area contributed by atoms with Crippen molar-refractivity contribution in [1.29, 1.82) is 0 Å². The molecule has 0 aromatic heterocycles. The van der Waals surface area contributed by atoms with Crippen molar-refractivity contribution in [2.45, 2.75) is 45.1 Å². The molecule has 1 saturated carbocycles. The Morgan fingerprint density at radius 1 is 1.23 bits per heavy atom. The van der Waals surface area contributed by atoms with Gasteiger partial charge in [0.15, 0.2) is 0 Å². The lowest BCUT2D eigenvalue weighted by molar-refractivity contribution is -0.115. The fourth-order valence-corrected chi connectivity index (χ4v) is 2.83. The summed E-state index contributed by atoms with van der Waals surface area (Å²) in [5.41, 5.74) is 1.58. The molecule has 1 aromatic rings. The Balaban J connectivity index is 1.73. The van der Waals surface area contributed by atoms with E-state index in [4.69, 9.17) is 11.6 Å². The van der Waals surface area contributed by atoms with Gasteiger partial charge in [0, 0.05) is 16.8 Å². The van der Waals surface area contributed by atoms with E-state index in [1.54, 1.807) is 18.2 Å². The number of carbonyl (C=O) groups is 2. The van der Waals surface area contributed by atoms with Crippen molar-refractivity contribution in [2.75, 3.05) is 11.9 Å². The Kier molecular flexibility index (Phi) is 6.07. The SMILES string of the molecule is Cc1cc(Cl)ccc1NC(=O)CNC(=O)NC1CCCCC1. The van der Waals surface area contributed by atoms with E-state index in [0.717, 1.165) is 31.2 Å². The summed E-state index contributed by atoms with van der Waals surface area (Å²) in [7, 11) is 0. The van der Waals surface area contributed by atoms with E-state index in [1.165, 1.54) is 6.42 Å². The zero-order chi connectivity index (χ0) is 15.9. The summed E-state index contributed by atoms with van der Waals surface area (Å²) in [6.45, 7) is 1.81. The second-order valence-electron chi connectivity index (χ2n) is 5.67. The van der Waals surface area contributed by atoms with Crippen molar-refractivity contribution in [1.82, 2.24) is 10.6 Å². The van der Waals surface area contributed by atoms with E-state index in [-0.39, 0.29) is 24.5 Å². The predicted octanol–water partition coefficient (Wildman–Crippen LogP) is 3.22. The Labute approximate surface area is 135 Å². The van der Waals surface area contributed by atoms with E-state index in [9.17, 15) is 9.59 Å². The Morgan fingerprint density at radius 3 is 2.64 bits per heavy atom. The van der Waals surface area contributed by atoms with Gasteiger partial charge in [0.1, 0.15) is 0 Å². The van der Waals surface area contributed by atoms with E-state index in [2.05, 4.69) is 16.0 Å². The summed E-state index contributed by atoms with van der Waals surface area (Å²) < 4.78 is 0. The molecule has 0 radical (unpaired) electrons. The number of benzene rings is 1. The maximum Gasteiger partial charge on any atom is 0.315 e. The monoisotopic (exact) mass is 323 g/mol. The lowest BCUT2D eigenvalue weighted by atomic mass is 9.96. The zero-order valence-electron chi connectivity index (χ0n) is 12.7. The number of aryl methyl sites for hydroxylation is 1. The minimum absolute atomic E-state index is 0.0549. The smallest absolute Gasteiger partial charge is 0.315 e. The summed E-state index contributed by atoms with van der Waals surface area (Å²) in [5, 5.41) is 8.88. The van der Waals surface area contributed by atoms with Gasteiger partial charge in [-0.15, -0.1) is 0 Å². The first-order valence-electron chi connectivity index (χ1n) is 7.65. The predicted molar refractivity (Wildman–Crippen MR) is 88.2 cm³/mol. The molecular formula is C16H22ClN3O2. The van der Waals surface area contributed by atoms with Gasteiger partial charge in [-0.1, -0.05) is 30.9 Å². The van der Waals surface area contributed by atoms with Gasteiger partial charge in [-0.2, -0.15) is 0 Å². The van der Waals surface area contributed by atoms with Gasteiger partial charge in [-0.05, 0) is 43.5 Å². The second kappa shape index (κ2) is 8.03. The third kappa shape index (κ3) is 5.22. The highest BCUT2D eigenvalue weighted by Crippen LogP contribution is 2.19. The summed E-state index contributed by atoms with van der Waals surface area (Å²) in [5.74, 6) is -0.260. The quantitative estimate of drug-likeness (QED) is 0.796. The molecule has 1 aromatic carbocycles. The van der Waals surface area contributed by atoms with Crippen molar-refractivity contribution < 1.29 is 9.59 Å². The summed E-state index contributed by atoms with van der Waals surface area (Å²) >= 11 is 5.87. The fourth-order valence-electron chi connectivity index (χ4n) is 2.61. The molecule has 3 N–H and O–H groups in total. The van der Waals surface area contributed by atoms with Gasteiger partial charge in [0.25, 0.3) is 0 Å². The van der Waals surface area contributed by atoms with Crippen LogP contribution in [0, 0.1) is 6.92 Å². The Hall–Kier alpha value is -1.75. The lowest BCUT2D eigenvalue weighted by Crippen LogP contribution is -2.45. The Morgan fingerprint density at radius 2 is 1.95 bits per heavy atom. The molecule has 0 heterocycles. The van der Waals surface area contributed by atoms with E-state index >= 15 is 0 Å². The first-order chi connectivity index (χ1) is 10.5. The molecule has 1 fully saturated rings. The van der Waals surface area contributed by atoms with Crippen LogP contribution in [0.3, 0.4) is 0 Å². The molecule has 0 unspecified atom stereocenters. The summed E-state index contributed by atoms with van der Waals surface area (Å²) in [4.78, 5) is 23.6. The number of amides is 3. The maximum absolute atomic E-state index is 11.9. The van der Waals surface area contributed by atoms with Crippen LogP contribution in [0.15, 0.2) is 18.2 Å². The highest BCUT2D eigenvalue weighted by atomic mass is 35.5. The van der Waals surface area contributed by atoms with Crippen LogP contribution >= 0.6 is 11.6 Å². The number of rotatable bonds is 4. The van der Waals surface area contributed by atoms with Gasteiger partial charge in [-0.25, -0.2) is 4.79 Å². The standard InChI is InChI=1S/C16H22ClN3O2/c1-11-9-12(17)7-8-14(11)20-15(21)10-18-16(22)19-13-5-3-2-4-6-13/h7-9,13H,2-6,10H2,1H3,(H,20,21)(H2,18,19,22). The average molecular weight is 324 g/mol. The van der Waals surface area contributed by atoms with Gasteiger partial charge >= 0.3 is 6.03 Å². The molecule has 0 bridgehead atoms. The first-order valence-corrected chi connectivity index (χ1v) is 8.03. The molecule has 6 heteroatoms. The summed E-state index contributed by atoms with van der Waals surface area (Å²) in [6.07, 6.45) is 5.58. The number of hydrogen-bond donors (Lipinski definition) is 3. The maximum atomic E-state index is 11.9. The van der Waals surface area contributed by atoms with Gasteiger partial charge in [0.05, 0.1) is 6.54 Å². The average Bonchev–Trinajstić information content (AvgIpc) is 2.49. The topological polar surface area (TPSA) is 70.2 Å². The molecule has 0 atom stereocenters. The van der Waals surface area contributed by atoms with Gasteiger partial charge in [0.2, 0.25) is 5.91 Å². The Bertz CT molecular complexity index is 542. The number of anilines is 1. The molecule has 1 aliphatic rings. The highest BCUT2D eigenvalue weighted by Gasteiger charge is 2.15. The molecule has 1 aliphatic carbocycles. The zero-order valence-corrected chi connectivity index (χ0v) is 13.5. The summed E-state index contributed by atoms with van der Waals surface area (Å²) in [6, 6.07) is 5.19. The van der Waals surface area contributed by atoms with Crippen LogP contribution in [0.2, 0.25) is 5.02 Å². The van der Waals surface area contributed by atoms with E-state index < -0.39 is 0 Å². The van der Waals surface area contributed by atoms with Crippen LogP contribution in [0.1, 0.15) is 37.7 Å². The third-order valence-electron chi connectivity index (χ3n) is 3.81. The fraction of sp³-hybridized carbons (Fsp3) is 0.500. The second-order valence-corrected chi connectivity index (χ2v) is 6.11. The first kappa shape index (κ1) is 16.6. The largest absolute Gasteiger partial charge is 0.335 e. The number of carbonyl (C=O) groups excluding carboxylic acids is 2. The highest BCUT2D eigenvalue weighted by molar-refractivity contribution is 6.30. The van der Waals surface area contributed by atoms with Crippen molar-refractivity contribution >= 4 is 29.2 Å². The minimum Gasteiger partial charge on any atom is -0.335 e. The van der Waals surface area contributed by atoms with Crippen LogP contribution in [-0.2, 0) is 4.79 Å². The lowest BCUT2D eigenvalue weighted by Gasteiger charge is -2.22. The molecular weight excluding hydrogens is 302 g/mol. The molecule has 5 nitrogen and oxygen atoms in total. The molecule has 120 valence electrons. The van der Waals surface area contributed by atoms with Crippen LogP contribution in [0.25, 0.3) is 0 Å². The number of hydrogen-bond acceptors (Lipinski definition) is 2. The van der Waals surface area contributed by atoms with Crippen molar-refractivity contribution in [3.63, 3.8) is 0 Å². The van der Waals surface area contributed by atoms with Crippen LogP contribution < -0.4 is 16.0 Å². The van der Waals surface area contributed by atoms with Crippen molar-refractivity contribution in [3.8, 4) is 0 Å². The molecule has 22 heavy (non-hydrogen) atoms. The number of halogens is 1. The third-order valence-corrected chi connectivity index (χ3v) is 4.05. The molecule has 0 aliphatic heterocycles. The van der Waals surface area contributed by atoms with Crippen LogP contribution in [-0.4, -0.2) is 24.5 Å².